The molecule has 1 aliphatic heterocycles. The van der Waals surface area contributed by atoms with E-state index in [-0.39, 0.29) is 36.2 Å². The van der Waals surface area contributed by atoms with E-state index in [1.165, 1.54) is 21.9 Å². The van der Waals surface area contributed by atoms with Crippen LogP contribution in [0.3, 0.4) is 0 Å². The number of carbonyl (C=O) groups excluding carboxylic acids is 2. The Morgan fingerprint density at radius 1 is 1.17 bits per heavy atom. The Bertz CT molecular complexity index is 527. The lowest BCUT2D eigenvalue weighted by Crippen LogP contribution is -2.52. The van der Waals surface area contributed by atoms with E-state index in [2.05, 4.69) is 0 Å². The van der Waals surface area contributed by atoms with Crippen molar-refractivity contribution >= 4 is 23.5 Å². The van der Waals surface area contributed by atoms with Crippen LogP contribution in [-0.4, -0.2) is 47.9 Å². The van der Waals surface area contributed by atoms with E-state index in [9.17, 15) is 14.4 Å². The molecule has 0 saturated carbocycles. The fourth-order valence-electron chi connectivity index (χ4n) is 1.83. The highest BCUT2D eigenvalue weighted by Crippen LogP contribution is 2.22. The van der Waals surface area contributed by atoms with Gasteiger partial charge in [0.15, 0.2) is 0 Å². The lowest BCUT2D eigenvalue weighted by Gasteiger charge is -2.32. The first kappa shape index (κ1) is 12.1. The van der Waals surface area contributed by atoms with Gasteiger partial charge in [-0.15, -0.1) is 0 Å². The molecule has 0 atom stereocenters. The van der Waals surface area contributed by atoms with Gasteiger partial charge in [-0.3, -0.25) is 9.59 Å². The number of aromatic carboxylic acids is 1. The average molecular weight is 248 g/mol. The molecule has 1 fully saturated rings. The summed E-state index contributed by atoms with van der Waals surface area (Å²) in [7, 11) is 1.54. The van der Waals surface area contributed by atoms with E-state index in [1.54, 1.807) is 19.2 Å². The number of carboxylic acid groups (broad SMARTS) is 1. The summed E-state index contributed by atoms with van der Waals surface area (Å²) in [6.45, 7) is -0.160. The molecule has 94 valence electrons. The number of anilines is 1. The third-order valence-electron chi connectivity index (χ3n) is 2.82. The molecule has 0 unspecified atom stereocenters. The van der Waals surface area contributed by atoms with E-state index in [1.807, 2.05) is 0 Å². The maximum absolute atomic E-state index is 11.9. The van der Waals surface area contributed by atoms with E-state index in [4.69, 9.17) is 5.11 Å². The highest BCUT2D eigenvalue weighted by Gasteiger charge is 2.30. The molecule has 1 aromatic rings. The molecule has 6 heteroatoms. The predicted octanol–water partition coefficient (Wildman–Crippen LogP) is 0.190. The van der Waals surface area contributed by atoms with Crippen molar-refractivity contribution in [1.82, 2.24) is 4.90 Å². The van der Waals surface area contributed by atoms with Crippen LogP contribution >= 0.6 is 0 Å². The number of carbonyl (C=O) groups is 3. The van der Waals surface area contributed by atoms with E-state index in [0.717, 1.165) is 0 Å². The average Bonchev–Trinajstić information content (AvgIpc) is 2.34. The number of para-hydroxylation sites is 1. The first-order valence-electron chi connectivity index (χ1n) is 5.37. The van der Waals surface area contributed by atoms with Crippen molar-refractivity contribution in [3.05, 3.63) is 29.8 Å². The van der Waals surface area contributed by atoms with Crippen molar-refractivity contribution in [1.29, 1.82) is 0 Å². The van der Waals surface area contributed by atoms with E-state index >= 15 is 0 Å². The van der Waals surface area contributed by atoms with E-state index < -0.39 is 5.97 Å². The normalized spacial score (nSPS) is 16.1. The van der Waals surface area contributed by atoms with Gasteiger partial charge >= 0.3 is 5.97 Å². The largest absolute Gasteiger partial charge is 0.478 e. The van der Waals surface area contributed by atoms with Crippen molar-refractivity contribution in [3.8, 4) is 0 Å². The Labute approximate surface area is 103 Å². The summed E-state index contributed by atoms with van der Waals surface area (Å²) < 4.78 is 0. The molecule has 1 aliphatic rings. The molecular formula is C12H12N2O4. The van der Waals surface area contributed by atoms with Gasteiger partial charge in [0.1, 0.15) is 6.54 Å². The van der Waals surface area contributed by atoms with Gasteiger partial charge in [0.05, 0.1) is 17.8 Å². The molecule has 0 spiro atoms. The Kier molecular flexibility index (Phi) is 3.01. The van der Waals surface area contributed by atoms with Crippen LogP contribution in [0.15, 0.2) is 24.3 Å². The third kappa shape index (κ3) is 2.04. The molecule has 1 aromatic carbocycles. The van der Waals surface area contributed by atoms with Crippen LogP contribution in [0.5, 0.6) is 0 Å². The zero-order valence-electron chi connectivity index (χ0n) is 9.79. The zero-order valence-corrected chi connectivity index (χ0v) is 9.79. The van der Waals surface area contributed by atoms with Gasteiger partial charge in [-0.25, -0.2) is 4.79 Å². The van der Waals surface area contributed by atoms with Gasteiger partial charge in [0, 0.05) is 7.05 Å². The quantitative estimate of drug-likeness (QED) is 0.810. The van der Waals surface area contributed by atoms with Crippen molar-refractivity contribution in [2.75, 3.05) is 25.0 Å². The number of amides is 2. The maximum Gasteiger partial charge on any atom is 0.337 e. The summed E-state index contributed by atoms with van der Waals surface area (Å²) in [5.41, 5.74) is 0.277. The van der Waals surface area contributed by atoms with Gasteiger partial charge in [-0.2, -0.15) is 0 Å². The minimum absolute atomic E-state index is 0.0169. The second-order valence-corrected chi connectivity index (χ2v) is 4.05. The van der Waals surface area contributed by atoms with Gasteiger partial charge in [0.2, 0.25) is 11.8 Å². The molecule has 18 heavy (non-hydrogen) atoms. The topological polar surface area (TPSA) is 77.9 Å². The first-order valence-corrected chi connectivity index (χ1v) is 5.37. The molecule has 1 saturated heterocycles. The summed E-state index contributed by atoms with van der Waals surface area (Å²) in [5, 5.41) is 9.07. The molecule has 6 nitrogen and oxygen atoms in total. The predicted molar refractivity (Wildman–Crippen MR) is 63.4 cm³/mol. The lowest BCUT2D eigenvalue weighted by atomic mass is 10.1. The Morgan fingerprint density at radius 2 is 1.83 bits per heavy atom. The molecule has 0 radical (unpaired) electrons. The minimum Gasteiger partial charge on any atom is -0.478 e. The molecule has 0 bridgehead atoms. The summed E-state index contributed by atoms with van der Waals surface area (Å²) in [4.78, 5) is 37.1. The van der Waals surface area contributed by atoms with Crippen LogP contribution in [0.4, 0.5) is 5.69 Å². The number of benzene rings is 1. The molecule has 0 aliphatic carbocycles. The number of piperazine rings is 1. The van der Waals surface area contributed by atoms with Gasteiger partial charge in [-0.1, -0.05) is 12.1 Å². The Balaban J connectivity index is 2.40. The molecular weight excluding hydrogens is 236 g/mol. The maximum atomic E-state index is 11.9. The third-order valence-corrected chi connectivity index (χ3v) is 2.82. The Morgan fingerprint density at radius 3 is 2.50 bits per heavy atom. The minimum atomic E-state index is -1.12. The van der Waals surface area contributed by atoms with Crippen molar-refractivity contribution < 1.29 is 19.5 Å². The number of carboxylic acids is 1. The van der Waals surface area contributed by atoms with Crippen molar-refractivity contribution in [3.63, 3.8) is 0 Å². The summed E-state index contributed by atoms with van der Waals surface area (Å²) in [6.07, 6.45) is 0. The van der Waals surface area contributed by atoms with Crippen molar-refractivity contribution in [2.45, 2.75) is 0 Å². The van der Waals surface area contributed by atoms with Gasteiger partial charge in [-0.05, 0) is 12.1 Å². The van der Waals surface area contributed by atoms with Crippen LogP contribution < -0.4 is 4.90 Å². The SMILES string of the molecule is CN1CC(=O)N(c2ccccc2C(=O)O)CC1=O. The number of hydrogen-bond acceptors (Lipinski definition) is 3. The van der Waals surface area contributed by atoms with Crippen molar-refractivity contribution in [2.24, 2.45) is 0 Å². The summed E-state index contributed by atoms with van der Waals surface area (Å²) in [6, 6.07) is 6.15. The first-order chi connectivity index (χ1) is 8.50. The standard InChI is InChI=1S/C12H12N2O4/c1-13-6-11(16)14(7-10(13)15)9-5-3-2-4-8(9)12(17)18/h2-5H,6-7H2,1H3,(H,17,18). The monoisotopic (exact) mass is 248 g/mol. The fourth-order valence-corrected chi connectivity index (χ4v) is 1.83. The van der Waals surface area contributed by atoms with Crippen LogP contribution in [0, 0.1) is 0 Å². The van der Waals surface area contributed by atoms with E-state index in [0.29, 0.717) is 0 Å². The molecule has 1 heterocycles. The molecule has 1 N–H and O–H groups in total. The van der Waals surface area contributed by atoms with Crippen LogP contribution in [0.2, 0.25) is 0 Å². The van der Waals surface area contributed by atoms with Crippen LogP contribution in [0.1, 0.15) is 10.4 Å². The highest BCUT2D eigenvalue weighted by molar-refractivity contribution is 6.08. The number of likely N-dealkylation sites (N-methyl/N-ethyl adjacent to an activating group) is 1. The molecule has 0 aromatic heterocycles. The van der Waals surface area contributed by atoms with Crippen LogP contribution in [0.25, 0.3) is 0 Å². The van der Waals surface area contributed by atoms with Gasteiger partial charge in [0.25, 0.3) is 0 Å². The lowest BCUT2D eigenvalue weighted by molar-refractivity contribution is -0.136. The summed E-state index contributed by atoms with van der Waals surface area (Å²) in [5.74, 6) is -1.62. The smallest absolute Gasteiger partial charge is 0.337 e. The van der Waals surface area contributed by atoms with Crippen LogP contribution in [-0.2, 0) is 9.59 Å². The second kappa shape index (κ2) is 4.48. The highest BCUT2D eigenvalue weighted by atomic mass is 16.4. The van der Waals surface area contributed by atoms with Gasteiger partial charge < -0.3 is 14.9 Å². The molecule has 2 amide bonds. The second-order valence-electron chi connectivity index (χ2n) is 4.05. The Hall–Kier alpha value is -2.37. The fraction of sp³-hybridized carbons (Fsp3) is 0.250. The summed E-state index contributed by atoms with van der Waals surface area (Å²) >= 11 is 0. The number of hydrogen-bond donors (Lipinski definition) is 1. The number of rotatable bonds is 2. The number of nitrogens with zero attached hydrogens (tertiary/aromatic N) is 2. The molecule has 2 rings (SSSR count). The zero-order chi connectivity index (χ0) is 13.3.